The van der Waals surface area contributed by atoms with Gasteiger partial charge in [-0.15, -0.1) is 0 Å². The van der Waals surface area contributed by atoms with Gasteiger partial charge < -0.3 is 9.64 Å². The smallest absolute Gasteiger partial charge is 0.409 e. The van der Waals surface area contributed by atoms with Gasteiger partial charge in [-0.05, 0) is 25.7 Å². The molecule has 0 spiro atoms. The van der Waals surface area contributed by atoms with Crippen LogP contribution in [0, 0.1) is 6.42 Å². The second kappa shape index (κ2) is 5.10. The van der Waals surface area contributed by atoms with Crippen molar-refractivity contribution >= 4 is 6.09 Å². The molecule has 3 nitrogen and oxygen atoms in total. The highest BCUT2D eigenvalue weighted by Crippen LogP contribution is 2.19. The zero-order chi connectivity index (χ0) is 9.68. The Morgan fingerprint density at radius 2 is 2.23 bits per heavy atom. The lowest BCUT2D eigenvalue weighted by Crippen LogP contribution is -2.27. The monoisotopic (exact) mass is 184 g/mol. The molecule has 1 unspecified atom stereocenters. The standard InChI is InChI=1S/C10H18NO2/c1-11(2)10(12)13-9-7-5-3-4-6-8-9/h5,9H,3-4,6-8H2,1-2H3. The van der Waals surface area contributed by atoms with Gasteiger partial charge in [-0.25, -0.2) is 4.79 Å². The first-order valence-corrected chi connectivity index (χ1v) is 4.89. The Morgan fingerprint density at radius 1 is 1.46 bits per heavy atom. The summed E-state index contributed by atoms with van der Waals surface area (Å²) in [5.74, 6) is 0. The summed E-state index contributed by atoms with van der Waals surface area (Å²) in [6.07, 6.45) is 7.60. The minimum Gasteiger partial charge on any atom is -0.446 e. The largest absolute Gasteiger partial charge is 0.446 e. The Bertz CT molecular complexity index is 160. The van der Waals surface area contributed by atoms with Crippen molar-refractivity contribution in [3.8, 4) is 0 Å². The van der Waals surface area contributed by atoms with Gasteiger partial charge in [0.25, 0.3) is 0 Å². The maximum Gasteiger partial charge on any atom is 0.409 e. The molecule has 0 saturated heterocycles. The highest BCUT2D eigenvalue weighted by molar-refractivity contribution is 5.66. The molecule has 1 fully saturated rings. The van der Waals surface area contributed by atoms with Crippen molar-refractivity contribution in [2.45, 2.75) is 38.2 Å². The fourth-order valence-electron chi connectivity index (χ4n) is 1.44. The SMILES string of the molecule is CN(C)C(=O)OC1C[CH]CCCC1. The van der Waals surface area contributed by atoms with E-state index in [2.05, 4.69) is 6.42 Å². The van der Waals surface area contributed by atoms with Crippen LogP contribution in [0.1, 0.15) is 32.1 Å². The lowest BCUT2D eigenvalue weighted by molar-refractivity contribution is 0.0708. The van der Waals surface area contributed by atoms with Crippen LogP contribution in [-0.2, 0) is 4.74 Å². The molecule has 0 aromatic heterocycles. The van der Waals surface area contributed by atoms with Crippen molar-refractivity contribution in [1.82, 2.24) is 4.90 Å². The van der Waals surface area contributed by atoms with Gasteiger partial charge in [-0.1, -0.05) is 12.8 Å². The number of hydrogen-bond acceptors (Lipinski definition) is 2. The van der Waals surface area contributed by atoms with Gasteiger partial charge in [-0.3, -0.25) is 0 Å². The highest BCUT2D eigenvalue weighted by atomic mass is 16.6. The van der Waals surface area contributed by atoms with Gasteiger partial charge in [0, 0.05) is 14.1 Å². The molecule has 0 N–H and O–H groups in total. The normalized spacial score (nSPS) is 19.2. The predicted octanol–water partition coefficient (Wildman–Crippen LogP) is 2.22. The molecule has 0 aromatic rings. The molecule has 13 heavy (non-hydrogen) atoms. The summed E-state index contributed by atoms with van der Waals surface area (Å²) in [4.78, 5) is 12.7. The van der Waals surface area contributed by atoms with E-state index < -0.39 is 0 Å². The summed E-state index contributed by atoms with van der Waals surface area (Å²) in [5, 5.41) is 0. The van der Waals surface area contributed by atoms with E-state index in [1.54, 1.807) is 14.1 Å². The van der Waals surface area contributed by atoms with E-state index in [-0.39, 0.29) is 12.2 Å². The molecule has 0 bridgehead atoms. The van der Waals surface area contributed by atoms with Crippen LogP contribution in [-0.4, -0.2) is 31.2 Å². The molecule has 75 valence electrons. The third kappa shape index (κ3) is 3.66. The first-order chi connectivity index (χ1) is 6.20. The van der Waals surface area contributed by atoms with E-state index in [9.17, 15) is 4.79 Å². The van der Waals surface area contributed by atoms with Gasteiger partial charge in [0.15, 0.2) is 0 Å². The molecule has 3 heteroatoms. The minimum absolute atomic E-state index is 0.109. The summed E-state index contributed by atoms with van der Waals surface area (Å²) in [6, 6.07) is 0. The Hall–Kier alpha value is -0.730. The molecule has 0 aromatic carbocycles. The third-order valence-electron chi connectivity index (χ3n) is 2.25. The fraction of sp³-hybridized carbons (Fsp3) is 0.800. The van der Waals surface area contributed by atoms with E-state index >= 15 is 0 Å². The Labute approximate surface area is 80.1 Å². The van der Waals surface area contributed by atoms with Gasteiger partial charge in [0.05, 0.1) is 0 Å². The second-order valence-corrected chi connectivity index (χ2v) is 3.71. The van der Waals surface area contributed by atoms with E-state index in [1.807, 2.05) is 0 Å². The molecule has 1 radical (unpaired) electrons. The number of hydrogen-bond donors (Lipinski definition) is 0. The maximum atomic E-state index is 11.2. The summed E-state index contributed by atoms with van der Waals surface area (Å²) in [7, 11) is 3.42. The van der Waals surface area contributed by atoms with E-state index in [1.165, 1.54) is 17.7 Å². The van der Waals surface area contributed by atoms with Crippen molar-refractivity contribution in [2.75, 3.05) is 14.1 Å². The second-order valence-electron chi connectivity index (χ2n) is 3.71. The van der Waals surface area contributed by atoms with Crippen LogP contribution in [0.25, 0.3) is 0 Å². The van der Waals surface area contributed by atoms with Crippen molar-refractivity contribution in [2.24, 2.45) is 0 Å². The van der Waals surface area contributed by atoms with Gasteiger partial charge >= 0.3 is 6.09 Å². The maximum absolute atomic E-state index is 11.2. The quantitative estimate of drug-likeness (QED) is 0.585. The number of amides is 1. The fourth-order valence-corrected chi connectivity index (χ4v) is 1.44. The van der Waals surface area contributed by atoms with Gasteiger partial charge in [0.1, 0.15) is 6.10 Å². The predicted molar refractivity (Wildman–Crippen MR) is 51.3 cm³/mol. The molecular weight excluding hydrogens is 166 g/mol. The summed E-state index contributed by atoms with van der Waals surface area (Å²) >= 11 is 0. The van der Waals surface area contributed by atoms with Crippen LogP contribution < -0.4 is 0 Å². The molecular formula is C10H18NO2. The van der Waals surface area contributed by atoms with E-state index in [0.717, 1.165) is 19.3 Å². The number of carbonyl (C=O) groups excluding carboxylic acids is 1. The number of rotatable bonds is 1. The molecule has 1 aliphatic rings. The lowest BCUT2D eigenvalue weighted by atomic mass is 10.2. The van der Waals surface area contributed by atoms with E-state index in [0.29, 0.717) is 0 Å². The average molecular weight is 184 g/mol. The van der Waals surface area contributed by atoms with Crippen molar-refractivity contribution in [1.29, 1.82) is 0 Å². The molecule has 0 aliphatic heterocycles. The van der Waals surface area contributed by atoms with Crippen molar-refractivity contribution in [3.05, 3.63) is 6.42 Å². The van der Waals surface area contributed by atoms with Crippen LogP contribution in [0.3, 0.4) is 0 Å². The van der Waals surface area contributed by atoms with E-state index in [4.69, 9.17) is 4.74 Å². The van der Waals surface area contributed by atoms with Crippen LogP contribution in [0.15, 0.2) is 0 Å². The van der Waals surface area contributed by atoms with Crippen LogP contribution in [0.2, 0.25) is 0 Å². The summed E-state index contributed by atoms with van der Waals surface area (Å²) in [6.45, 7) is 0. The zero-order valence-electron chi connectivity index (χ0n) is 8.45. The summed E-state index contributed by atoms with van der Waals surface area (Å²) < 4.78 is 5.29. The molecule has 1 atom stereocenters. The number of carbonyl (C=O) groups is 1. The molecule has 0 heterocycles. The summed E-state index contributed by atoms with van der Waals surface area (Å²) in [5.41, 5.74) is 0. The first kappa shape index (κ1) is 10.4. The van der Waals surface area contributed by atoms with Gasteiger partial charge in [0.2, 0.25) is 0 Å². The lowest BCUT2D eigenvalue weighted by Gasteiger charge is -2.18. The Balaban J connectivity index is 2.29. The van der Waals surface area contributed by atoms with Crippen LogP contribution in [0.4, 0.5) is 4.79 Å². The van der Waals surface area contributed by atoms with Gasteiger partial charge in [-0.2, -0.15) is 0 Å². The Morgan fingerprint density at radius 3 is 2.92 bits per heavy atom. The number of nitrogens with zero attached hydrogens (tertiary/aromatic N) is 1. The molecule has 1 aliphatic carbocycles. The zero-order valence-corrected chi connectivity index (χ0v) is 8.45. The van der Waals surface area contributed by atoms with Crippen molar-refractivity contribution < 1.29 is 9.53 Å². The van der Waals surface area contributed by atoms with Crippen LogP contribution in [0.5, 0.6) is 0 Å². The van der Waals surface area contributed by atoms with Crippen molar-refractivity contribution in [3.63, 3.8) is 0 Å². The molecule has 1 amide bonds. The topological polar surface area (TPSA) is 29.5 Å². The molecule has 1 saturated carbocycles. The molecule has 1 rings (SSSR count). The minimum atomic E-state index is -0.222. The Kier molecular flexibility index (Phi) is 4.06. The number of ether oxygens (including phenoxy) is 1. The third-order valence-corrected chi connectivity index (χ3v) is 2.25. The first-order valence-electron chi connectivity index (χ1n) is 4.89. The highest BCUT2D eigenvalue weighted by Gasteiger charge is 2.17. The average Bonchev–Trinajstić information content (AvgIpc) is 2.32. The van der Waals surface area contributed by atoms with Crippen LogP contribution >= 0.6 is 0 Å².